The van der Waals surface area contributed by atoms with Gasteiger partial charge in [-0.15, -0.1) is 0 Å². The molecule has 0 unspecified atom stereocenters. The maximum atomic E-state index is 11.5. The van der Waals surface area contributed by atoms with Crippen molar-refractivity contribution >= 4 is 23.8 Å². The Labute approximate surface area is 217 Å². The first kappa shape index (κ1) is 32.5. The summed E-state index contributed by atoms with van der Waals surface area (Å²) < 4.78 is 10.4. The van der Waals surface area contributed by atoms with Crippen molar-refractivity contribution in [3.8, 4) is 0 Å². The highest BCUT2D eigenvalue weighted by molar-refractivity contribution is 7.99. The van der Waals surface area contributed by atoms with Gasteiger partial charge in [-0.1, -0.05) is 82.8 Å². The van der Waals surface area contributed by atoms with Gasteiger partial charge in [0.1, 0.15) is 5.60 Å². The van der Waals surface area contributed by atoms with E-state index in [0.717, 1.165) is 6.42 Å². The van der Waals surface area contributed by atoms with Gasteiger partial charge >= 0.3 is 12.1 Å². The largest absolute Gasteiger partial charge is 0.459 e. The summed E-state index contributed by atoms with van der Waals surface area (Å²) in [5, 5.41) is 0. The molecule has 1 amide bonds. The molecule has 2 aromatic rings. The van der Waals surface area contributed by atoms with Crippen molar-refractivity contribution in [2.45, 2.75) is 89.5 Å². The highest BCUT2D eigenvalue weighted by Gasteiger charge is 2.35. The summed E-state index contributed by atoms with van der Waals surface area (Å²) in [6.45, 7) is 15.2. The lowest BCUT2D eigenvalue weighted by Crippen LogP contribution is -2.47. The van der Waals surface area contributed by atoms with E-state index in [1.165, 1.54) is 9.79 Å². The third-order valence-electron chi connectivity index (χ3n) is 4.88. The summed E-state index contributed by atoms with van der Waals surface area (Å²) in [6, 6.07) is 20.8. The molecule has 5 nitrogen and oxygen atoms in total. The smallest absolute Gasteiger partial charge is 0.409 e. The van der Waals surface area contributed by atoms with Gasteiger partial charge in [0.05, 0.1) is 6.61 Å². The number of likely N-dealkylation sites (tertiary alicyclic amines) is 1. The molecule has 0 aliphatic carbocycles. The quantitative estimate of drug-likeness (QED) is 0.372. The number of piperidine rings is 1. The Hall–Kier alpha value is -2.47. The van der Waals surface area contributed by atoms with Crippen LogP contribution in [0.25, 0.3) is 0 Å². The van der Waals surface area contributed by atoms with E-state index in [4.69, 9.17) is 9.47 Å². The van der Waals surface area contributed by atoms with Gasteiger partial charge in [-0.3, -0.25) is 4.79 Å². The van der Waals surface area contributed by atoms with E-state index in [9.17, 15) is 9.59 Å². The number of ether oxygens (including phenoxy) is 2. The van der Waals surface area contributed by atoms with Crippen molar-refractivity contribution in [1.29, 1.82) is 0 Å². The zero-order valence-corrected chi connectivity index (χ0v) is 23.5. The van der Waals surface area contributed by atoms with Crippen LogP contribution in [0.3, 0.4) is 0 Å². The Morgan fingerprint density at radius 3 is 1.71 bits per heavy atom. The fraction of sp³-hybridized carbons (Fsp3) is 0.517. The van der Waals surface area contributed by atoms with Crippen molar-refractivity contribution < 1.29 is 19.1 Å². The lowest BCUT2D eigenvalue weighted by Gasteiger charge is -2.38. The molecule has 1 saturated heterocycles. The number of carbonyl (C=O) groups is 2. The number of hydrogen-bond acceptors (Lipinski definition) is 5. The van der Waals surface area contributed by atoms with E-state index in [0.29, 0.717) is 39.0 Å². The molecule has 1 fully saturated rings. The molecule has 196 valence electrons. The van der Waals surface area contributed by atoms with Gasteiger partial charge in [-0.2, -0.15) is 0 Å². The molecule has 1 aliphatic heterocycles. The molecule has 0 bridgehead atoms. The zero-order valence-electron chi connectivity index (χ0n) is 22.7. The third kappa shape index (κ3) is 13.9. The molecular weight excluding hydrogens is 458 g/mol. The first-order chi connectivity index (χ1) is 17.0. The molecule has 6 heteroatoms. The lowest BCUT2D eigenvalue weighted by atomic mass is 9.93. The van der Waals surface area contributed by atoms with Crippen LogP contribution in [0, 0.1) is 0 Å². The van der Waals surface area contributed by atoms with Crippen LogP contribution in [0.5, 0.6) is 0 Å². The Kier molecular flexibility index (Phi) is 18.4. The van der Waals surface area contributed by atoms with Crippen LogP contribution in [-0.2, 0) is 14.3 Å². The van der Waals surface area contributed by atoms with Gasteiger partial charge in [-0.25, -0.2) is 4.79 Å². The van der Waals surface area contributed by atoms with Gasteiger partial charge < -0.3 is 14.4 Å². The molecule has 0 atom stereocenters. The summed E-state index contributed by atoms with van der Waals surface area (Å²) in [5.74, 6) is -0.149. The number of benzene rings is 2. The summed E-state index contributed by atoms with van der Waals surface area (Å²) in [5.41, 5.74) is -0.435. The van der Waals surface area contributed by atoms with E-state index in [1.54, 1.807) is 23.6 Å². The predicted molar refractivity (Wildman–Crippen MR) is 147 cm³/mol. The summed E-state index contributed by atoms with van der Waals surface area (Å²) in [6.07, 6.45) is 2.31. The Morgan fingerprint density at radius 1 is 0.857 bits per heavy atom. The predicted octanol–water partition coefficient (Wildman–Crippen LogP) is 8.23. The second kappa shape index (κ2) is 19.8. The van der Waals surface area contributed by atoms with Crippen LogP contribution in [0.2, 0.25) is 0 Å². The van der Waals surface area contributed by atoms with Crippen molar-refractivity contribution in [2.24, 2.45) is 0 Å². The minimum Gasteiger partial charge on any atom is -0.459 e. The second-order valence-electron chi connectivity index (χ2n) is 7.59. The first-order valence-corrected chi connectivity index (χ1v) is 13.7. The lowest BCUT2D eigenvalue weighted by molar-refractivity contribution is -0.162. The monoisotopic (exact) mass is 503 g/mol. The van der Waals surface area contributed by atoms with E-state index in [1.807, 2.05) is 53.7 Å². The summed E-state index contributed by atoms with van der Waals surface area (Å²) in [7, 11) is 0. The molecule has 3 rings (SSSR count). The highest BCUT2D eigenvalue weighted by Crippen LogP contribution is 2.27. The minimum atomic E-state index is -0.435. The van der Waals surface area contributed by atoms with Crippen LogP contribution in [0.1, 0.15) is 74.1 Å². The molecule has 0 aromatic heterocycles. The standard InChI is InChI=1S/C13H23NO4.C12H10S.2C2H6/c1-4-6-11(15)18-13(3)7-9-14(10-8-13)12(16)17-5-2;1-3-7-11(8-4-1)13-12-9-5-2-6-10-12;2*1-2/h4-10H2,1-3H3;1-10H;2*1-2H3. The molecular formula is C29H45NO4S. The normalized spacial score (nSPS) is 13.4. The number of esters is 1. The van der Waals surface area contributed by atoms with Crippen LogP contribution in [0.15, 0.2) is 70.5 Å². The van der Waals surface area contributed by atoms with E-state index in [2.05, 4.69) is 48.5 Å². The Morgan fingerprint density at radius 2 is 1.31 bits per heavy atom. The van der Waals surface area contributed by atoms with E-state index >= 15 is 0 Å². The zero-order chi connectivity index (χ0) is 26.5. The third-order valence-corrected chi connectivity index (χ3v) is 5.90. The van der Waals surface area contributed by atoms with Gasteiger partial charge in [-0.05, 0) is 44.5 Å². The second-order valence-corrected chi connectivity index (χ2v) is 8.74. The number of nitrogens with zero attached hydrogens (tertiary/aromatic N) is 1. The van der Waals surface area contributed by atoms with Crippen molar-refractivity contribution in [3.05, 3.63) is 60.7 Å². The van der Waals surface area contributed by atoms with Crippen molar-refractivity contribution in [1.82, 2.24) is 4.90 Å². The van der Waals surface area contributed by atoms with Crippen LogP contribution in [0.4, 0.5) is 4.79 Å². The minimum absolute atomic E-state index is 0.149. The van der Waals surface area contributed by atoms with Crippen LogP contribution in [-0.4, -0.2) is 42.3 Å². The average Bonchev–Trinajstić information content (AvgIpc) is 2.88. The molecule has 0 N–H and O–H groups in total. The van der Waals surface area contributed by atoms with Crippen molar-refractivity contribution in [3.63, 3.8) is 0 Å². The van der Waals surface area contributed by atoms with Gasteiger partial charge in [0, 0.05) is 42.1 Å². The average molecular weight is 504 g/mol. The molecule has 0 radical (unpaired) electrons. The topological polar surface area (TPSA) is 55.8 Å². The molecule has 0 saturated carbocycles. The van der Waals surface area contributed by atoms with Gasteiger partial charge in [0.2, 0.25) is 0 Å². The molecule has 2 aromatic carbocycles. The highest BCUT2D eigenvalue weighted by atomic mass is 32.2. The van der Waals surface area contributed by atoms with E-state index in [-0.39, 0.29) is 12.1 Å². The summed E-state index contributed by atoms with van der Waals surface area (Å²) >= 11 is 1.79. The van der Waals surface area contributed by atoms with E-state index < -0.39 is 5.60 Å². The van der Waals surface area contributed by atoms with Gasteiger partial charge in [0.25, 0.3) is 0 Å². The number of hydrogen-bond donors (Lipinski definition) is 0. The molecule has 1 heterocycles. The maximum absolute atomic E-state index is 11.5. The fourth-order valence-corrected chi connectivity index (χ4v) is 3.98. The van der Waals surface area contributed by atoms with Gasteiger partial charge in [0.15, 0.2) is 0 Å². The van der Waals surface area contributed by atoms with Crippen LogP contribution >= 0.6 is 11.8 Å². The number of rotatable bonds is 6. The molecule has 35 heavy (non-hydrogen) atoms. The first-order valence-electron chi connectivity index (χ1n) is 12.9. The number of carbonyl (C=O) groups excluding carboxylic acids is 2. The fourth-order valence-electron chi connectivity index (χ4n) is 3.12. The molecule has 1 aliphatic rings. The maximum Gasteiger partial charge on any atom is 0.409 e. The van der Waals surface area contributed by atoms with Crippen LogP contribution < -0.4 is 0 Å². The molecule has 0 spiro atoms. The SMILES string of the molecule is CC.CC.CCCC(=O)OC1(C)CCN(C(=O)OCC)CC1.c1ccc(Sc2ccccc2)cc1. The Bertz CT molecular complexity index is 753. The summed E-state index contributed by atoms with van der Waals surface area (Å²) in [4.78, 5) is 27.3. The van der Waals surface area contributed by atoms with Crippen molar-refractivity contribution in [2.75, 3.05) is 19.7 Å². The Balaban J connectivity index is 0.000000597. The number of amides is 1.